The van der Waals surface area contributed by atoms with Gasteiger partial charge in [-0.2, -0.15) is 5.10 Å². The van der Waals surface area contributed by atoms with Crippen molar-refractivity contribution in [2.45, 2.75) is 39.0 Å². The number of β-amino-alcohol motifs (C(OH)–C–C–N with tert-alkyl or cyclic N) is 1. The molecule has 2 amide bonds. The van der Waals surface area contributed by atoms with Gasteiger partial charge in [0.1, 0.15) is 6.04 Å². The molecule has 0 aromatic carbocycles. The topological polar surface area (TPSA) is 108 Å². The molecule has 8 nitrogen and oxygen atoms in total. The molecule has 1 saturated heterocycles. The smallest absolute Gasteiger partial charge is 0.326 e. The first-order chi connectivity index (χ1) is 9.81. The van der Waals surface area contributed by atoms with E-state index in [1.165, 1.54) is 0 Å². The molecule has 3 N–H and O–H groups in total. The first-order valence-corrected chi connectivity index (χ1v) is 6.75. The zero-order valence-electron chi connectivity index (χ0n) is 12.3. The molecule has 1 aliphatic rings. The van der Waals surface area contributed by atoms with Crippen LogP contribution >= 0.6 is 0 Å². The van der Waals surface area contributed by atoms with Gasteiger partial charge in [0.15, 0.2) is 0 Å². The summed E-state index contributed by atoms with van der Waals surface area (Å²) in [7, 11) is 1.82. The lowest BCUT2D eigenvalue weighted by atomic mass is 10.2. The van der Waals surface area contributed by atoms with Crippen LogP contribution in [0.1, 0.15) is 23.4 Å². The molecule has 116 valence electrons. The van der Waals surface area contributed by atoms with Crippen LogP contribution in [-0.4, -0.2) is 55.6 Å². The van der Waals surface area contributed by atoms with Gasteiger partial charge in [0.05, 0.1) is 11.8 Å². The second kappa shape index (κ2) is 5.72. The SMILES string of the molecule is Cc1nn(C)c(C)c1CNC(=O)N1CC(O)CC1C(=O)O. The van der Waals surface area contributed by atoms with Crippen LogP contribution < -0.4 is 5.32 Å². The fraction of sp³-hybridized carbons (Fsp3) is 0.615. The number of carboxylic acid groups (broad SMARTS) is 1. The van der Waals surface area contributed by atoms with E-state index in [-0.39, 0.29) is 19.5 Å². The summed E-state index contributed by atoms with van der Waals surface area (Å²) in [5, 5.41) is 25.6. The van der Waals surface area contributed by atoms with Gasteiger partial charge in [0.2, 0.25) is 0 Å². The largest absolute Gasteiger partial charge is 0.480 e. The number of aliphatic hydroxyl groups is 1. The third-order valence-corrected chi connectivity index (χ3v) is 3.90. The molecule has 1 aliphatic heterocycles. The number of carbonyl (C=O) groups is 2. The van der Waals surface area contributed by atoms with E-state index < -0.39 is 24.1 Å². The van der Waals surface area contributed by atoms with Gasteiger partial charge in [0.25, 0.3) is 0 Å². The number of carboxylic acids is 1. The van der Waals surface area contributed by atoms with Crippen molar-refractivity contribution in [3.8, 4) is 0 Å². The first kappa shape index (κ1) is 15.3. The number of aryl methyl sites for hydroxylation is 2. The molecule has 8 heteroatoms. The summed E-state index contributed by atoms with van der Waals surface area (Å²) in [5.74, 6) is -1.10. The van der Waals surface area contributed by atoms with Crippen LogP contribution in [0.3, 0.4) is 0 Å². The molecule has 0 spiro atoms. The lowest BCUT2D eigenvalue weighted by molar-refractivity contribution is -0.141. The Kier molecular flexibility index (Phi) is 4.17. The van der Waals surface area contributed by atoms with Crippen LogP contribution in [0.5, 0.6) is 0 Å². The summed E-state index contributed by atoms with van der Waals surface area (Å²) < 4.78 is 1.73. The van der Waals surface area contributed by atoms with Gasteiger partial charge in [-0.05, 0) is 13.8 Å². The van der Waals surface area contributed by atoms with E-state index >= 15 is 0 Å². The van der Waals surface area contributed by atoms with Crippen LogP contribution in [0.25, 0.3) is 0 Å². The molecule has 21 heavy (non-hydrogen) atoms. The predicted octanol–water partition coefficient (Wildman–Crippen LogP) is -0.234. The van der Waals surface area contributed by atoms with Crippen molar-refractivity contribution in [3.63, 3.8) is 0 Å². The molecule has 2 rings (SSSR count). The number of amides is 2. The van der Waals surface area contributed by atoms with Crippen molar-refractivity contribution < 1.29 is 19.8 Å². The molecule has 2 heterocycles. The highest BCUT2D eigenvalue weighted by atomic mass is 16.4. The molecule has 2 unspecified atom stereocenters. The van der Waals surface area contributed by atoms with Crippen LogP contribution in [0.2, 0.25) is 0 Å². The van der Waals surface area contributed by atoms with Gasteiger partial charge in [-0.25, -0.2) is 9.59 Å². The van der Waals surface area contributed by atoms with E-state index in [1.807, 2.05) is 20.9 Å². The minimum absolute atomic E-state index is 0.0355. The molecule has 0 bridgehead atoms. The number of carbonyl (C=O) groups excluding carboxylic acids is 1. The average molecular weight is 296 g/mol. The predicted molar refractivity (Wildman–Crippen MR) is 73.7 cm³/mol. The number of nitrogens with zero attached hydrogens (tertiary/aromatic N) is 3. The van der Waals surface area contributed by atoms with Crippen molar-refractivity contribution in [2.24, 2.45) is 7.05 Å². The Morgan fingerprint density at radius 2 is 2.10 bits per heavy atom. The summed E-state index contributed by atoms with van der Waals surface area (Å²) in [4.78, 5) is 24.4. The number of aliphatic carboxylic acids is 1. The molecule has 0 saturated carbocycles. The highest BCUT2D eigenvalue weighted by molar-refractivity contribution is 5.83. The molecular formula is C13H20N4O4. The van der Waals surface area contributed by atoms with Gasteiger partial charge in [-0.3, -0.25) is 4.68 Å². The maximum atomic E-state index is 12.1. The summed E-state index contributed by atoms with van der Waals surface area (Å²) >= 11 is 0. The zero-order valence-corrected chi connectivity index (χ0v) is 12.3. The molecule has 0 aliphatic carbocycles. The third-order valence-electron chi connectivity index (χ3n) is 3.90. The maximum absolute atomic E-state index is 12.1. The van der Waals surface area contributed by atoms with Crippen molar-refractivity contribution >= 4 is 12.0 Å². The van der Waals surface area contributed by atoms with E-state index in [2.05, 4.69) is 10.4 Å². The Hall–Kier alpha value is -2.09. The Balaban J connectivity index is 2.03. The number of hydrogen-bond acceptors (Lipinski definition) is 4. The molecule has 2 atom stereocenters. The lowest BCUT2D eigenvalue weighted by Gasteiger charge is -2.21. The molecular weight excluding hydrogens is 276 g/mol. The van der Waals surface area contributed by atoms with E-state index in [0.29, 0.717) is 0 Å². The minimum atomic E-state index is -1.10. The monoisotopic (exact) mass is 296 g/mol. The second-order valence-corrected chi connectivity index (χ2v) is 5.33. The van der Waals surface area contributed by atoms with Gasteiger partial charge in [-0.1, -0.05) is 0 Å². The number of nitrogens with one attached hydrogen (secondary N) is 1. The van der Waals surface area contributed by atoms with Crippen LogP contribution in [0.4, 0.5) is 4.79 Å². The summed E-state index contributed by atoms with van der Waals surface area (Å²) in [6.45, 7) is 4.08. The molecule has 1 fully saturated rings. The van der Waals surface area contributed by atoms with Crippen molar-refractivity contribution in [1.82, 2.24) is 20.0 Å². The number of urea groups is 1. The first-order valence-electron chi connectivity index (χ1n) is 6.75. The summed E-state index contributed by atoms with van der Waals surface area (Å²) in [6.07, 6.45) is -0.730. The highest BCUT2D eigenvalue weighted by Crippen LogP contribution is 2.18. The van der Waals surface area contributed by atoms with Gasteiger partial charge in [0, 0.05) is 37.8 Å². The van der Waals surface area contributed by atoms with Gasteiger partial charge >= 0.3 is 12.0 Å². The van der Waals surface area contributed by atoms with Gasteiger partial charge in [-0.15, -0.1) is 0 Å². The fourth-order valence-corrected chi connectivity index (χ4v) is 2.61. The molecule has 1 aromatic heterocycles. The van der Waals surface area contributed by atoms with Crippen molar-refractivity contribution in [1.29, 1.82) is 0 Å². The van der Waals surface area contributed by atoms with E-state index in [0.717, 1.165) is 21.9 Å². The fourth-order valence-electron chi connectivity index (χ4n) is 2.61. The van der Waals surface area contributed by atoms with E-state index in [9.17, 15) is 14.7 Å². The Morgan fingerprint density at radius 3 is 2.62 bits per heavy atom. The number of aromatic nitrogens is 2. The van der Waals surface area contributed by atoms with Crippen LogP contribution in [0.15, 0.2) is 0 Å². The number of likely N-dealkylation sites (tertiary alicyclic amines) is 1. The van der Waals surface area contributed by atoms with Crippen molar-refractivity contribution in [2.75, 3.05) is 6.54 Å². The standard InChI is InChI=1S/C13H20N4O4/c1-7-10(8(2)16(3)15-7)5-14-13(21)17-6-9(18)4-11(17)12(19)20/h9,11,18H,4-6H2,1-3H3,(H,14,21)(H,19,20). The third kappa shape index (κ3) is 2.99. The number of hydrogen-bond donors (Lipinski definition) is 3. The second-order valence-electron chi connectivity index (χ2n) is 5.33. The normalized spacial score (nSPS) is 21.6. The van der Waals surface area contributed by atoms with Crippen LogP contribution in [0, 0.1) is 13.8 Å². The van der Waals surface area contributed by atoms with Gasteiger partial charge < -0.3 is 20.4 Å². The highest BCUT2D eigenvalue weighted by Gasteiger charge is 2.38. The quantitative estimate of drug-likeness (QED) is 0.714. The number of aliphatic hydroxyl groups excluding tert-OH is 1. The Labute approximate surface area is 122 Å². The number of rotatable bonds is 3. The average Bonchev–Trinajstić information content (AvgIpc) is 2.90. The summed E-state index contributed by atoms with van der Waals surface area (Å²) in [5.41, 5.74) is 2.69. The lowest BCUT2D eigenvalue weighted by Crippen LogP contribution is -2.46. The Morgan fingerprint density at radius 1 is 1.43 bits per heavy atom. The van der Waals surface area contributed by atoms with E-state index in [1.54, 1.807) is 4.68 Å². The minimum Gasteiger partial charge on any atom is -0.480 e. The Bertz CT molecular complexity index is 569. The zero-order chi connectivity index (χ0) is 15.7. The molecule has 0 radical (unpaired) electrons. The van der Waals surface area contributed by atoms with Crippen molar-refractivity contribution in [3.05, 3.63) is 17.0 Å². The van der Waals surface area contributed by atoms with E-state index in [4.69, 9.17) is 5.11 Å². The molecule has 1 aromatic rings. The summed E-state index contributed by atoms with van der Waals surface area (Å²) in [6, 6.07) is -1.46. The van der Waals surface area contributed by atoms with Crippen LogP contribution in [-0.2, 0) is 18.4 Å². The maximum Gasteiger partial charge on any atom is 0.326 e.